The number of nitrogens with one attached hydrogen (secondary N) is 1. The standard InChI is InChI=1S/C15H13Cl4N/c1-20-14(10-3-2-4-12(17)15(10)19)8-9-5-6-11(16)13(18)7-9/h2-7,14,20H,8H2,1H3. The molecule has 2 aromatic carbocycles. The van der Waals surface area contributed by atoms with Gasteiger partial charge in [0.1, 0.15) is 0 Å². The molecular weight excluding hydrogens is 336 g/mol. The van der Waals surface area contributed by atoms with Gasteiger partial charge in [-0.15, -0.1) is 0 Å². The van der Waals surface area contributed by atoms with Gasteiger partial charge in [-0.25, -0.2) is 0 Å². The number of rotatable bonds is 4. The summed E-state index contributed by atoms with van der Waals surface area (Å²) in [5.74, 6) is 0. The minimum atomic E-state index is 0.0541. The van der Waals surface area contributed by atoms with Gasteiger partial charge in [-0.2, -0.15) is 0 Å². The van der Waals surface area contributed by atoms with Crippen molar-refractivity contribution in [2.75, 3.05) is 7.05 Å². The van der Waals surface area contributed by atoms with Crippen molar-refractivity contribution in [3.8, 4) is 0 Å². The van der Waals surface area contributed by atoms with Gasteiger partial charge >= 0.3 is 0 Å². The summed E-state index contributed by atoms with van der Waals surface area (Å²) < 4.78 is 0. The van der Waals surface area contributed by atoms with E-state index in [0.29, 0.717) is 20.1 Å². The predicted molar refractivity (Wildman–Crippen MR) is 88.4 cm³/mol. The lowest BCUT2D eigenvalue weighted by atomic mass is 9.99. The fourth-order valence-corrected chi connectivity index (χ4v) is 2.82. The Hall–Kier alpha value is -0.440. The molecule has 0 aliphatic heterocycles. The summed E-state index contributed by atoms with van der Waals surface area (Å²) in [4.78, 5) is 0. The van der Waals surface area contributed by atoms with E-state index < -0.39 is 0 Å². The van der Waals surface area contributed by atoms with E-state index in [1.165, 1.54) is 0 Å². The predicted octanol–water partition coefficient (Wildman–Crippen LogP) is 5.80. The smallest absolute Gasteiger partial charge is 0.0640 e. The lowest BCUT2D eigenvalue weighted by Gasteiger charge is -2.19. The Morgan fingerprint density at radius 2 is 1.70 bits per heavy atom. The summed E-state index contributed by atoms with van der Waals surface area (Å²) >= 11 is 24.3. The summed E-state index contributed by atoms with van der Waals surface area (Å²) in [5, 5.41) is 5.49. The van der Waals surface area contributed by atoms with E-state index in [4.69, 9.17) is 46.4 Å². The number of likely N-dealkylation sites (N-methyl/N-ethyl adjacent to an activating group) is 1. The molecule has 1 atom stereocenters. The zero-order valence-corrected chi connectivity index (χ0v) is 13.8. The second-order valence-corrected chi connectivity index (χ2v) is 6.04. The highest BCUT2D eigenvalue weighted by Gasteiger charge is 2.15. The number of benzene rings is 2. The van der Waals surface area contributed by atoms with Crippen molar-refractivity contribution in [1.82, 2.24) is 5.32 Å². The third-order valence-electron chi connectivity index (χ3n) is 3.13. The normalized spacial score (nSPS) is 12.4. The molecule has 2 rings (SSSR count). The lowest BCUT2D eigenvalue weighted by Crippen LogP contribution is -2.19. The zero-order chi connectivity index (χ0) is 14.7. The van der Waals surface area contributed by atoms with Crippen LogP contribution in [0.2, 0.25) is 20.1 Å². The molecule has 5 heteroatoms. The fraction of sp³-hybridized carbons (Fsp3) is 0.200. The number of hydrogen-bond donors (Lipinski definition) is 1. The average molecular weight is 349 g/mol. The van der Waals surface area contributed by atoms with E-state index in [1.807, 2.05) is 31.3 Å². The van der Waals surface area contributed by atoms with Gasteiger partial charge in [0.05, 0.1) is 20.1 Å². The highest BCUT2D eigenvalue weighted by Crippen LogP contribution is 2.32. The monoisotopic (exact) mass is 347 g/mol. The fourth-order valence-electron chi connectivity index (χ4n) is 2.06. The second kappa shape index (κ2) is 7.02. The Labute approximate surface area is 138 Å². The van der Waals surface area contributed by atoms with Crippen LogP contribution in [0.25, 0.3) is 0 Å². The van der Waals surface area contributed by atoms with Crippen molar-refractivity contribution in [1.29, 1.82) is 0 Å². The van der Waals surface area contributed by atoms with Crippen LogP contribution in [0.15, 0.2) is 36.4 Å². The highest BCUT2D eigenvalue weighted by molar-refractivity contribution is 6.42. The van der Waals surface area contributed by atoms with Crippen LogP contribution in [-0.4, -0.2) is 7.05 Å². The molecule has 2 aromatic rings. The van der Waals surface area contributed by atoms with Gasteiger partial charge in [0.2, 0.25) is 0 Å². The molecule has 0 aliphatic rings. The van der Waals surface area contributed by atoms with Crippen LogP contribution in [0.4, 0.5) is 0 Å². The third kappa shape index (κ3) is 3.60. The first kappa shape index (κ1) is 15.9. The SMILES string of the molecule is CNC(Cc1ccc(Cl)c(Cl)c1)c1cccc(Cl)c1Cl. The summed E-state index contributed by atoms with van der Waals surface area (Å²) in [7, 11) is 1.89. The summed E-state index contributed by atoms with van der Waals surface area (Å²) in [6.45, 7) is 0. The Bertz CT molecular complexity index is 613. The maximum atomic E-state index is 6.27. The van der Waals surface area contributed by atoms with Crippen molar-refractivity contribution in [2.24, 2.45) is 0 Å². The van der Waals surface area contributed by atoms with Gasteiger partial charge < -0.3 is 5.32 Å². The van der Waals surface area contributed by atoms with Crippen molar-refractivity contribution in [3.05, 3.63) is 67.6 Å². The average Bonchev–Trinajstić information content (AvgIpc) is 2.43. The van der Waals surface area contributed by atoms with Crippen LogP contribution >= 0.6 is 46.4 Å². The van der Waals surface area contributed by atoms with Crippen LogP contribution in [0.3, 0.4) is 0 Å². The van der Waals surface area contributed by atoms with E-state index in [9.17, 15) is 0 Å². The Kier molecular flexibility index (Phi) is 5.59. The molecule has 0 saturated carbocycles. The van der Waals surface area contributed by atoms with Gasteiger partial charge in [-0.3, -0.25) is 0 Å². The Balaban J connectivity index is 2.28. The second-order valence-electron chi connectivity index (χ2n) is 4.44. The number of hydrogen-bond acceptors (Lipinski definition) is 1. The van der Waals surface area contributed by atoms with E-state index in [-0.39, 0.29) is 6.04 Å². The molecule has 0 spiro atoms. The Morgan fingerprint density at radius 3 is 2.35 bits per heavy atom. The van der Waals surface area contributed by atoms with Crippen LogP contribution in [-0.2, 0) is 6.42 Å². The molecule has 1 unspecified atom stereocenters. The molecule has 0 fully saturated rings. The maximum absolute atomic E-state index is 6.27. The van der Waals surface area contributed by atoms with Crippen LogP contribution in [0, 0.1) is 0 Å². The van der Waals surface area contributed by atoms with Crippen molar-refractivity contribution in [3.63, 3.8) is 0 Å². The lowest BCUT2D eigenvalue weighted by molar-refractivity contribution is 0.592. The van der Waals surface area contributed by atoms with Crippen LogP contribution in [0.1, 0.15) is 17.2 Å². The van der Waals surface area contributed by atoms with Crippen molar-refractivity contribution < 1.29 is 0 Å². The molecule has 20 heavy (non-hydrogen) atoms. The van der Waals surface area contributed by atoms with Crippen LogP contribution < -0.4 is 5.32 Å². The van der Waals surface area contributed by atoms with Crippen molar-refractivity contribution >= 4 is 46.4 Å². The van der Waals surface area contributed by atoms with Crippen LogP contribution in [0.5, 0.6) is 0 Å². The molecule has 0 aromatic heterocycles. The number of halogens is 4. The Morgan fingerprint density at radius 1 is 0.950 bits per heavy atom. The van der Waals surface area contributed by atoms with E-state index in [1.54, 1.807) is 12.1 Å². The van der Waals surface area contributed by atoms with Crippen molar-refractivity contribution in [2.45, 2.75) is 12.5 Å². The van der Waals surface area contributed by atoms with Gasteiger partial charge in [0.25, 0.3) is 0 Å². The zero-order valence-electron chi connectivity index (χ0n) is 10.8. The van der Waals surface area contributed by atoms with Gasteiger partial charge in [0.15, 0.2) is 0 Å². The molecule has 106 valence electrons. The first-order valence-corrected chi connectivity index (χ1v) is 7.59. The quantitative estimate of drug-likeness (QED) is 0.735. The van der Waals surface area contributed by atoms with Gasteiger partial charge in [-0.05, 0) is 42.8 Å². The summed E-state index contributed by atoms with van der Waals surface area (Å²) in [5.41, 5.74) is 2.04. The molecule has 0 heterocycles. The first-order valence-electron chi connectivity index (χ1n) is 6.08. The first-order chi connectivity index (χ1) is 9.52. The summed E-state index contributed by atoms with van der Waals surface area (Å²) in [6, 6.07) is 11.3. The molecule has 1 N–H and O–H groups in total. The minimum Gasteiger partial charge on any atom is -0.313 e. The van der Waals surface area contributed by atoms with E-state index >= 15 is 0 Å². The highest BCUT2D eigenvalue weighted by atomic mass is 35.5. The molecule has 1 nitrogen and oxygen atoms in total. The van der Waals surface area contributed by atoms with Gasteiger partial charge in [-0.1, -0.05) is 64.6 Å². The molecule has 0 saturated heterocycles. The molecule has 0 radical (unpaired) electrons. The summed E-state index contributed by atoms with van der Waals surface area (Å²) in [6.07, 6.45) is 0.744. The molecule has 0 aliphatic carbocycles. The maximum Gasteiger partial charge on any atom is 0.0640 e. The van der Waals surface area contributed by atoms with E-state index in [2.05, 4.69) is 5.32 Å². The third-order valence-corrected chi connectivity index (χ3v) is 4.70. The molecular formula is C15H13Cl4N. The van der Waals surface area contributed by atoms with Gasteiger partial charge in [0, 0.05) is 6.04 Å². The van der Waals surface area contributed by atoms with E-state index in [0.717, 1.165) is 17.5 Å². The topological polar surface area (TPSA) is 12.0 Å². The largest absolute Gasteiger partial charge is 0.313 e. The molecule has 0 amide bonds. The molecule has 0 bridgehead atoms. The minimum absolute atomic E-state index is 0.0541.